The Bertz CT molecular complexity index is 758. The Balaban J connectivity index is 1.64. The second kappa shape index (κ2) is 6.30. The van der Waals surface area contributed by atoms with E-state index in [1.807, 2.05) is 30.3 Å². The first kappa shape index (κ1) is 14.1. The summed E-state index contributed by atoms with van der Waals surface area (Å²) >= 11 is 0. The van der Waals surface area contributed by atoms with Gasteiger partial charge >= 0.3 is 0 Å². The SMILES string of the molecule is c1ccc([C@@H]2OCCC[C@H]2c2nc(-c3ccncc3)no2)cc1. The Morgan fingerprint density at radius 1 is 1.00 bits per heavy atom. The summed E-state index contributed by atoms with van der Waals surface area (Å²) in [7, 11) is 0. The Morgan fingerprint density at radius 3 is 2.65 bits per heavy atom. The lowest BCUT2D eigenvalue weighted by Gasteiger charge is -2.29. The van der Waals surface area contributed by atoms with E-state index >= 15 is 0 Å². The summed E-state index contributed by atoms with van der Waals surface area (Å²) in [5, 5.41) is 4.12. The summed E-state index contributed by atoms with van der Waals surface area (Å²) in [5.74, 6) is 1.33. The molecule has 1 aliphatic rings. The molecule has 5 heteroatoms. The fraction of sp³-hybridized carbons (Fsp3) is 0.278. The number of hydrogen-bond donors (Lipinski definition) is 0. The molecule has 0 spiro atoms. The maximum atomic E-state index is 6.01. The van der Waals surface area contributed by atoms with Crippen molar-refractivity contribution < 1.29 is 9.26 Å². The quantitative estimate of drug-likeness (QED) is 0.737. The van der Waals surface area contributed by atoms with Crippen LogP contribution < -0.4 is 0 Å². The van der Waals surface area contributed by atoms with Crippen molar-refractivity contribution in [1.82, 2.24) is 15.1 Å². The lowest BCUT2D eigenvalue weighted by molar-refractivity contribution is -0.0103. The molecule has 0 bridgehead atoms. The molecule has 1 aliphatic heterocycles. The van der Waals surface area contributed by atoms with Crippen LogP contribution in [0.1, 0.15) is 36.3 Å². The van der Waals surface area contributed by atoms with E-state index in [2.05, 4.69) is 27.3 Å². The molecule has 4 rings (SSSR count). The fourth-order valence-electron chi connectivity index (χ4n) is 3.01. The number of pyridine rings is 1. The third-order valence-corrected chi connectivity index (χ3v) is 4.15. The average Bonchev–Trinajstić information content (AvgIpc) is 3.13. The Hall–Kier alpha value is -2.53. The summed E-state index contributed by atoms with van der Waals surface area (Å²) < 4.78 is 11.6. The van der Waals surface area contributed by atoms with E-state index in [0.717, 1.165) is 30.6 Å². The van der Waals surface area contributed by atoms with E-state index in [-0.39, 0.29) is 12.0 Å². The van der Waals surface area contributed by atoms with Crippen LogP contribution in [0.25, 0.3) is 11.4 Å². The first-order valence-electron chi connectivity index (χ1n) is 7.82. The fourth-order valence-corrected chi connectivity index (χ4v) is 3.01. The molecule has 0 aliphatic carbocycles. The molecule has 23 heavy (non-hydrogen) atoms. The van der Waals surface area contributed by atoms with Gasteiger partial charge in [0.15, 0.2) is 0 Å². The van der Waals surface area contributed by atoms with Crippen molar-refractivity contribution in [3.63, 3.8) is 0 Å². The van der Waals surface area contributed by atoms with Crippen molar-refractivity contribution in [3.8, 4) is 11.4 Å². The first-order valence-corrected chi connectivity index (χ1v) is 7.82. The number of hydrogen-bond acceptors (Lipinski definition) is 5. The molecule has 0 saturated carbocycles. The molecule has 1 saturated heterocycles. The molecule has 5 nitrogen and oxygen atoms in total. The molecule has 0 N–H and O–H groups in total. The Morgan fingerprint density at radius 2 is 1.83 bits per heavy atom. The molecule has 0 unspecified atom stereocenters. The van der Waals surface area contributed by atoms with Crippen LogP contribution in [0.2, 0.25) is 0 Å². The zero-order chi connectivity index (χ0) is 15.5. The minimum Gasteiger partial charge on any atom is -0.373 e. The van der Waals surface area contributed by atoms with Gasteiger partial charge in [0, 0.05) is 24.6 Å². The molecule has 2 atom stereocenters. The van der Waals surface area contributed by atoms with Crippen LogP contribution in [0, 0.1) is 0 Å². The topological polar surface area (TPSA) is 61.0 Å². The average molecular weight is 307 g/mol. The number of benzene rings is 1. The number of ether oxygens (including phenoxy) is 1. The molecule has 116 valence electrons. The Labute approximate surface area is 134 Å². The summed E-state index contributed by atoms with van der Waals surface area (Å²) in [6, 6.07) is 14.0. The van der Waals surface area contributed by atoms with Crippen molar-refractivity contribution in [2.24, 2.45) is 0 Å². The van der Waals surface area contributed by atoms with Gasteiger partial charge < -0.3 is 9.26 Å². The van der Waals surface area contributed by atoms with E-state index in [0.29, 0.717) is 11.7 Å². The predicted octanol–water partition coefficient (Wildman–Crippen LogP) is 3.77. The molecule has 1 fully saturated rings. The molecular formula is C18H17N3O2. The van der Waals surface area contributed by atoms with Crippen LogP contribution in [-0.2, 0) is 4.74 Å². The van der Waals surface area contributed by atoms with Gasteiger partial charge in [0.1, 0.15) is 0 Å². The van der Waals surface area contributed by atoms with E-state index < -0.39 is 0 Å². The van der Waals surface area contributed by atoms with Crippen LogP contribution in [0.3, 0.4) is 0 Å². The van der Waals surface area contributed by atoms with Gasteiger partial charge in [-0.3, -0.25) is 4.98 Å². The van der Waals surface area contributed by atoms with Gasteiger partial charge in [0.05, 0.1) is 12.0 Å². The van der Waals surface area contributed by atoms with Gasteiger partial charge in [-0.15, -0.1) is 0 Å². The van der Waals surface area contributed by atoms with Crippen LogP contribution in [0.5, 0.6) is 0 Å². The molecule has 3 aromatic rings. The highest BCUT2D eigenvalue weighted by Gasteiger charge is 2.33. The van der Waals surface area contributed by atoms with Gasteiger partial charge in [-0.05, 0) is 30.5 Å². The zero-order valence-corrected chi connectivity index (χ0v) is 12.6. The maximum absolute atomic E-state index is 6.01. The molecule has 2 aromatic heterocycles. The summed E-state index contributed by atoms with van der Waals surface area (Å²) in [5.41, 5.74) is 2.06. The van der Waals surface area contributed by atoms with Gasteiger partial charge in [-0.2, -0.15) is 4.98 Å². The minimum atomic E-state index is -0.0318. The normalized spacial score (nSPS) is 21.2. The van der Waals surface area contributed by atoms with Crippen molar-refractivity contribution in [2.75, 3.05) is 6.61 Å². The monoisotopic (exact) mass is 307 g/mol. The van der Waals surface area contributed by atoms with Crippen LogP contribution in [-0.4, -0.2) is 21.7 Å². The van der Waals surface area contributed by atoms with E-state index in [1.165, 1.54) is 0 Å². The van der Waals surface area contributed by atoms with Crippen LogP contribution in [0.15, 0.2) is 59.4 Å². The number of rotatable bonds is 3. The smallest absolute Gasteiger partial charge is 0.233 e. The third kappa shape index (κ3) is 2.87. The van der Waals surface area contributed by atoms with Crippen LogP contribution >= 0.6 is 0 Å². The highest BCUT2D eigenvalue weighted by atomic mass is 16.5. The van der Waals surface area contributed by atoms with Crippen LogP contribution in [0.4, 0.5) is 0 Å². The molecule has 1 aromatic carbocycles. The minimum absolute atomic E-state index is 0.0318. The predicted molar refractivity (Wildman–Crippen MR) is 84.6 cm³/mol. The van der Waals surface area contributed by atoms with Crippen molar-refractivity contribution in [1.29, 1.82) is 0 Å². The highest BCUT2D eigenvalue weighted by molar-refractivity contribution is 5.52. The highest BCUT2D eigenvalue weighted by Crippen LogP contribution is 2.40. The summed E-state index contributed by atoms with van der Waals surface area (Å²) in [6.45, 7) is 0.765. The Kier molecular flexibility index (Phi) is 3.86. The first-order chi connectivity index (χ1) is 11.4. The van der Waals surface area contributed by atoms with E-state index in [9.17, 15) is 0 Å². The lowest BCUT2D eigenvalue weighted by Crippen LogP contribution is -2.21. The second-order valence-corrected chi connectivity index (χ2v) is 5.64. The third-order valence-electron chi connectivity index (χ3n) is 4.15. The van der Waals surface area contributed by atoms with Crippen molar-refractivity contribution in [3.05, 3.63) is 66.3 Å². The number of aromatic nitrogens is 3. The lowest BCUT2D eigenvalue weighted by atomic mass is 9.89. The molecule has 3 heterocycles. The maximum Gasteiger partial charge on any atom is 0.233 e. The summed E-state index contributed by atoms with van der Waals surface area (Å²) in [6.07, 6.45) is 5.40. The van der Waals surface area contributed by atoms with Gasteiger partial charge in [-0.1, -0.05) is 35.5 Å². The number of nitrogens with zero attached hydrogens (tertiary/aromatic N) is 3. The van der Waals surface area contributed by atoms with Gasteiger partial charge in [0.25, 0.3) is 0 Å². The van der Waals surface area contributed by atoms with E-state index in [4.69, 9.17) is 9.26 Å². The molecule has 0 radical (unpaired) electrons. The second-order valence-electron chi connectivity index (χ2n) is 5.64. The summed E-state index contributed by atoms with van der Waals surface area (Å²) in [4.78, 5) is 8.61. The molecule has 0 amide bonds. The largest absolute Gasteiger partial charge is 0.373 e. The molecular weight excluding hydrogens is 290 g/mol. The van der Waals surface area contributed by atoms with Crippen molar-refractivity contribution >= 4 is 0 Å². The van der Waals surface area contributed by atoms with E-state index in [1.54, 1.807) is 12.4 Å². The zero-order valence-electron chi connectivity index (χ0n) is 12.6. The van der Waals surface area contributed by atoms with Gasteiger partial charge in [0.2, 0.25) is 11.7 Å². The standard InChI is InChI=1S/C18H17N3O2/c1-2-5-13(6-3-1)16-15(7-4-12-22-16)18-20-17(21-23-18)14-8-10-19-11-9-14/h1-3,5-6,8-11,15-16H,4,7,12H2/t15-,16+/m1/s1. The van der Waals surface area contributed by atoms with Gasteiger partial charge in [-0.25, -0.2) is 0 Å². The van der Waals surface area contributed by atoms with Crippen molar-refractivity contribution in [2.45, 2.75) is 24.9 Å².